The summed E-state index contributed by atoms with van der Waals surface area (Å²) in [5, 5.41) is 0. The van der Waals surface area contributed by atoms with E-state index in [0.717, 1.165) is 5.76 Å². The van der Waals surface area contributed by atoms with Gasteiger partial charge < -0.3 is 4.42 Å². The lowest BCUT2D eigenvalue weighted by Crippen LogP contribution is -2.34. The number of sulfonamides is 1. The van der Waals surface area contributed by atoms with Crippen LogP contribution in [0.3, 0.4) is 0 Å². The highest BCUT2D eigenvalue weighted by atomic mass is 79.9. The molecule has 1 aromatic carbocycles. The van der Waals surface area contributed by atoms with Gasteiger partial charge in [-0.3, -0.25) is 0 Å². The van der Waals surface area contributed by atoms with E-state index >= 15 is 0 Å². The summed E-state index contributed by atoms with van der Waals surface area (Å²) < 4.78 is 32.8. The molecule has 0 aliphatic carbocycles. The third-order valence-electron chi connectivity index (χ3n) is 2.57. The van der Waals surface area contributed by atoms with Gasteiger partial charge in [-0.2, -0.15) is 0 Å². The smallest absolute Gasteiger partial charge is 0.241 e. The third-order valence-corrected chi connectivity index (χ3v) is 5.17. The highest BCUT2D eigenvalue weighted by Gasteiger charge is 2.20. The van der Waals surface area contributed by atoms with E-state index in [1.165, 1.54) is 0 Å². The van der Waals surface area contributed by atoms with E-state index in [9.17, 15) is 8.42 Å². The first-order valence-electron chi connectivity index (χ1n) is 5.78. The molecule has 0 radical (unpaired) electrons. The Balaban J connectivity index is 2.11. The van der Waals surface area contributed by atoms with Gasteiger partial charge in [-0.05, 0) is 47.1 Å². The minimum atomic E-state index is -3.53. The molecule has 6 heteroatoms. The van der Waals surface area contributed by atoms with E-state index in [4.69, 9.17) is 4.42 Å². The molecule has 0 amide bonds. The van der Waals surface area contributed by atoms with Crippen molar-refractivity contribution < 1.29 is 12.8 Å². The van der Waals surface area contributed by atoms with E-state index in [2.05, 4.69) is 20.7 Å². The van der Waals surface area contributed by atoms with Gasteiger partial charge in [-0.25, -0.2) is 13.1 Å². The zero-order valence-corrected chi connectivity index (χ0v) is 12.7. The molecule has 0 aliphatic rings. The van der Waals surface area contributed by atoms with E-state index in [0.29, 0.717) is 10.9 Å². The summed E-state index contributed by atoms with van der Waals surface area (Å²) in [6, 6.07) is 10.1. The molecular weight excluding hydrogens is 330 g/mol. The molecule has 4 nitrogen and oxygen atoms in total. The van der Waals surface area contributed by atoms with E-state index in [-0.39, 0.29) is 10.9 Å². The summed E-state index contributed by atoms with van der Waals surface area (Å²) in [6.45, 7) is 1.80. The number of rotatable bonds is 5. The van der Waals surface area contributed by atoms with Crippen LogP contribution in [-0.2, 0) is 16.4 Å². The molecule has 2 rings (SSSR count). The van der Waals surface area contributed by atoms with Crippen LogP contribution in [-0.4, -0.2) is 14.5 Å². The summed E-state index contributed by atoms with van der Waals surface area (Å²) in [5.41, 5.74) is 0. The van der Waals surface area contributed by atoms with Crippen LogP contribution < -0.4 is 4.72 Å². The van der Waals surface area contributed by atoms with E-state index in [1.54, 1.807) is 43.5 Å². The number of furan rings is 1. The molecule has 1 heterocycles. The molecule has 0 aliphatic heterocycles. The quantitative estimate of drug-likeness (QED) is 0.907. The number of hydrogen-bond acceptors (Lipinski definition) is 3. The lowest BCUT2D eigenvalue weighted by molar-refractivity contribution is 0.479. The van der Waals surface area contributed by atoms with Gasteiger partial charge in [0.15, 0.2) is 0 Å². The zero-order chi connectivity index (χ0) is 13.9. The molecule has 0 saturated heterocycles. The average Bonchev–Trinajstić information content (AvgIpc) is 2.81. The van der Waals surface area contributed by atoms with E-state index in [1.807, 2.05) is 6.07 Å². The predicted molar refractivity (Wildman–Crippen MR) is 76.3 cm³/mol. The van der Waals surface area contributed by atoms with Crippen LogP contribution in [0.4, 0.5) is 0 Å². The Kier molecular flexibility index (Phi) is 4.44. The fourth-order valence-corrected chi connectivity index (χ4v) is 4.01. The average molecular weight is 344 g/mol. The maximum atomic E-state index is 12.2. The number of hydrogen-bond donors (Lipinski definition) is 1. The Bertz CT molecular complexity index is 638. The normalized spacial score (nSPS) is 13.4. The van der Waals surface area contributed by atoms with Crippen LogP contribution in [0.1, 0.15) is 12.7 Å². The van der Waals surface area contributed by atoms with Crippen molar-refractivity contribution in [2.75, 3.05) is 0 Å². The number of nitrogens with one attached hydrogen (secondary N) is 1. The molecule has 1 N–H and O–H groups in total. The molecule has 0 bridgehead atoms. The first kappa shape index (κ1) is 14.3. The van der Waals surface area contributed by atoms with Crippen LogP contribution in [0.5, 0.6) is 0 Å². The third kappa shape index (κ3) is 3.68. The van der Waals surface area contributed by atoms with Gasteiger partial charge in [-0.1, -0.05) is 12.1 Å². The summed E-state index contributed by atoms with van der Waals surface area (Å²) in [5.74, 6) is 0.752. The zero-order valence-electron chi connectivity index (χ0n) is 10.3. The van der Waals surface area contributed by atoms with Crippen molar-refractivity contribution in [1.82, 2.24) is 4.72 Å². The minimum absolute atomic E-state index is 0.237. The predicted octanol–water partition coefficient (Wildman–Crippen LogP) is 2.95. The molecule has 0 unspecified atom stereocenters. The molecule has 1 atom stereocenters. The lowest BCUT2D eigenvalue weighted by Gasteiger charge is -2.13. The van der Waals surface area contributed by atoms with Crippen LogP contribution in [0.2, 0.25) is 0 Å². The van der Waals surface area contributed by atoms with E-state index < -0.39 is 10.0 Å². The van der Waals surface area contributed by atoms with Crippen LogP contribution in [0.15, 0.2) is 56.4 Å². The highest BCUT2D eigenvalue weighted by Crippen LogP contribution is 2.21. The van der Waals surface area contributed by atoms with Crippen molar-refractivity contribution in [2.24, 2.45) is 0 Å². The second-order valence-electron chi connectivity index (χ2n) is 4.24. The van der Waals surface area contributed by atoms with Gasteiger partial charge in [-0.15, -0.1) is 0 Å². The lowest BCUT2D eigenvalue weighted by atomic mass is 10.2. The molecule has 0 spiro atoms. The van der Waals surface area contributed by atoms with Gasteiger partial charge in [0.25, 0.3) is 0 Å². The van der Waals surface area contributed by atoms with Crippen molar-refractivity contribution in [3.8, 4) is 0 Å². The minimum Gasteiger partial charge on any atom is -0.469 e. The molecule has 102 valence electrons. The van der Waals surface area contributed by atoms with Gasteiger partial charge in [0.05, 0.1) is 11.2 Å². The van der Waals surface area contributed by atoms with Crippen molar-refractivity contribution in [1.29, 1.82) is 0 Å². The first-order chi connectivity index (χ1) is 8.99. The van der Waals surface area contributed by atoms with Gasteiger partial charge in [0.2, 0.25) is 10.0 Å². The SMILES string of the molecule is C[C@@H](Cc1ccco1)NS(=O)(=O)c1ccccc1Br. The van der Waals surface area contributed by atoms with Crippen LogP contribution >= 0.6 is 15.9 Å². The van der Waals surface area contributed by atoms with Crippen molar-refractivity contribution in [3.63, 3.8) is 0 Å². The summed E-state index contributed by atoms with van der Waals surface area (Å²) in [4.78, 5) is 0.237. The van der Waals surface area contributed by atoms with Crippen molar-refractivity contribution in [3.05, 3.63) is 52.9 Å². The van der Waals surface area contributed by atoms with Crippen molar-refractivity contribution in [2.45, 2.75) is 24.3 Å². The maximum absolute atomic E-state index is 12.2. The Morgan fingerprint density at radius 3 is 2.63 bits per heavy atom. The molecule has 19 heavy (non-hydrogen) atoms. The van der Waals surface area contributed by atoms with Crippen LogP contribution in [0, 0.1) is 0 Å². The fourth-order valence-electron chi connectivity index (χ4n) is 1.76. The molecular formula is C13H14BrNO3S. The van der Waals surface area contributed by atoms with Gasteiger partial charge in [0.1, 0.15) is 5.76 Å². The van der Waals surface area contributed by atoms with Gasteiger partial charge >= 0.3 is 0 Å². The summed E-state index contributed by atoms with van der Waals surface area (Å²) in [7, 11) is -3.53. The monoisotopic (exact) mass is 343 g/mol. The Hall–Kier alpha value is -1.11. The standard InChI is InChI=1S/C13H14BrNO3S/c1-10(9-11-5-4-8-18-11)15-19(16,17)13-7-3-2-6-12(13)14/h2-8,10,15H,9H2,1H3/t10-/m0/s1. The molecule has 1 aromatic heterocycles. The van der Waals surface area contributed by atoms with Crippen molar-refractivity contribution >= 4 is 26.0 Å². The fraction of sp³-hybridized carbons (Fsp3) is 0.231. The second kappa shape index (κ2) is 5.90. The largest absolute Gasteiger partial charge is 0.469 e. The molecule has 2 aromatic rings. The number of benzene rings is 1. The van der Waals surface area contributed by atoms with Gasteiger partial charge in [0, 0.05) is 16.9 Å². The second-order valence-corrected chi connectivity index (χ2v) is 6.77. The maximum Gasteiger partial charge on any atom is 0.241 e. The first-order valence-corrected chi connectivity index (χ1v) is 8.06. The Morgan fingerprint density at radius 1 is 1.26 bits per heavy atom. The molecule has 0 saturated carbocycles. The summed E-state index contributed by atoms with van der Waals surface area (Å²) >= 11 is 3.24. The highest BCUT2D eigenvalue weighted by molar-refractivity contribution is 9.10. The van der Waals surface area contributed by atoms with Crippen LogP contribution in [0.25, 0.3) is 0 Å². The topological polar surface area (TPSA) is 59.3 Å². The molecule has 0 fully saturated rings. The number of halogens is 1. The Labute approximate surface area is 121 Å². The summed E-state index contributed by atoms with van der Waals surface area (Å²) in [6.07, 6.45) is 2.08. The Morgan fingerprint density at radius 2 is 2.00 bits per heavy atom.